The fourth-order valence-electron chi connectivity index (χ4n) is 2.66. The summed E-state index contributed by atoms with van der Waals surface area (Å²) in [4.78, 5) is 27.4. The number of rotatable bonds is 4. The van der Waals surface area contributed by atoms with Crippen molar-refractivity contribution in [1.29, 1.82) is 0 Å². The van der Waals surface area contributed by atoms with Crippen LogP contribution in [-0.2, 0) is 22.4 Å². The fraction of sp³-hybridized carbons (Fsp3) is 0.294. The molecule has 0 bridgehead atoms. The molecule has 3 rings (SSSR count). The average molecular weight is 299 g/mol. The van der Waals surface area contributed by atoms with Crippen LogP contribution in [0.4, 0.5) is 5.69 Å². The second-order valence-corrected chi connectivity index (χ2v) is 6.26. The minimum absolute atomic E-state index is 0.0635. The van der Waals surface area contributed by atoms with Crippen molar-refractivity contribution in [1.82, 2.24) is 0 Å². The topological polar surface area (TPSA) is 37.4 Å². The van der Waals surface area contributed by atoms with Gasteiger partial charge in [0, 0.05) is 17.7 Å². The molecule has 0 unspecified atom stereocenters. The van der Waals surface area contributed by atoms with Crippen molar-refractivity contribution in [2.45, 2.75) is 25.7 Å². The molecule has 1 aromatic heterocycles. The third kappa shape index (κ3) is 3.22. The number of hydrogen-bond donors (Lipinski definition) is 0. The Balaban J connectivity index is 1.74. The molecule has 0 saturated heterocycles. The van der Waals surface area contributed by atoms with E-state index in [9.17, 15) is 9.59 Å². The number of aryl methyl sites for hydroxylation is 1. The maximum atomic E-state index is 12.3. The van der Waals surface area contributed by atoms with E-state index in [0.717, 1.165) is 24.1 Å². The molecule has 0 saturated carbocycles. The van der Waals surface area contributed by atoms with E-state index in [1.54, 1.807) is 16.2 Å². The van der Waals surface area contributed by atoms with Crippen LogP contribution >= 0.6 is 11.3 Å². The Kier molecular flexibility index (Phi) is 4.15. The van der Waals surface area contributed by atoms with Crippen LogP contribution in [0.2, 0.25) is 0 Å². The molecule has 0 aliphatic carbocycles. The SMILES string of the molecule is O=C(Cc1ccccc1)CN1C(=O)CCCc2sccc21. The Hall–Kier alpha value is -1.94. The minimum Gasteiger partial charge on any atom is -0.304 e. The predicted molar refractivity (Wildman–Crippen MR) is 84.8 cm³/mol. The summed E-state index contributed by atoms with van der Waals surface area (Å²) in [6.07, 6.45) is 2.71. The highest BCUT2D eigenvalue weighted by atomic mass is 32.1. The van der Waals surface area contributed by atoms with Gasteiger partial charge in [0.15, 0.2) is 5.78 Å². The summed E-state index contributed by atoms with van der Waals surface area (Å²) in [5.41, 5.74) is 1.93. The van der Waals surface area contributed by atoms with Gasteiger partial charge in [-0.25, -0.2) is 0 Å². The number of anilines is 1. The number of carbonyl (C=O) groups is 2. The molecule has 0 fully saturated rings. The van der Waals surface area contributed by atoms with Crippen LogP contribution in [0.25, 0.3) is 0 Å². The van der Waals surface area contributed by atoms with Crippen LogP contribution in [0.3, 0.4) is 0 Å². The number of nitrogens with zero attached hydrogens (tertiary/aromatic N) is 1. The monoisotopic (exact) mass is 299 g/mol. The molecule has 2 heterocycles. The van der Waals surface area contributed by atoms with E-state index in [4.69, 9.17) is 0 Å². The molecule has 1 aliphatic rings. The standard InChI is InChI=1S/C17H17NO2S/c19-14(11-13-5-2-1-3-6-13)12-18-15-9-10-21-16(15)7-4-8-17(18)20/h1-3,5-6,9-10H,4,7-8,11-12H2. The highest BCUT2D eigenvalue weighted by molar-refractivity contribution is 7.10. The Morgan fingerprint density at radius 1 is 1.14 bits per heavy atom. The number of hydrogen-bond acceptors (Lipinski definition) is 3. The first kappa shape index (κ1) is 14.0. The first-order chi connectivity index (χ1) is 10.2. The number of thiophene rings is 1. The van der Waals surface area contributed by atoms with Crippen molar-refractivity contribution in [3.8, 4) is 0 Å². The summed E-state index contributed by atoms with van der Waals surface area (Å²) in [6.45, 7) is 0.178. The Bertz CT molecular complexity index is 648. The van der Waals surface area contributed by atoms with Gasteiger partial charge in [-0.3, -0.25) is 9.59 Å². The molecule has 4 heteroatoms. The van der Waals surface area contributed by atoms with Gasteiger partial charge in [-0.15, -0.1) is 11.3 Å². The third-order valence-corrected chi connectivity index (χ3v) is 4.66. The Labute approximate surface area is 128 Å². The molecule has 2 aromatic rings. The van der Waals surface area contributed by atoms with E-state index in [0.29, 0.717) is 12.8 Å². The summed E-state index contributed by atoms with van der Waals surface area (Å²) in [5.74, 6) is 0.141. The Morgan fingerprint density at radius 2 is 1.95 bits per heavy atom. The maximum Gasteiger partial charge on any atom is 0.227 e. The van der Waals surface area contributed by atoms with Gasteiger partial charge < -0.3 is 4.90 Å². The number of carbonyl (C=O) groups excluding carboxylic acids is 2. The molecule has 1 aromatic carbocycles. The van der Waals surface area contributed by atoms with Gasteiger partial charge in [-0.05, 0) is 29.9 Å². The largest absolute Gasteiger partial charge is 0.304 e. The number of Topliss-reactive ketones (excluding diaryl/α,β-unsaturated/α-hetero) is 1. The van der Waals surface area contributed by atoms with Crippen LogP contribution in [0.5, 0.6) is 0 Å². The van der Waals surface area contributed by atoms with Gasteiger partial charge in [-0.1, -0.05) is 30.3 Å². The van der Waals surface area contributed by atoms with Crippen molar-refractivity contribution in [2.24, 2.45) is 0 Å². The lowest BCUT2D eigenvalue weighted by molar-refractivity contribution is -0.122. The summed E-state index contributed by atoms with van der Waals surface area (Å²) >= 11 is 1.67. The van der Waals surface area contributed by atoms with Crippen molar-refractivity contribution in [2.75, 3.05) is 11.4 Å². The van der Waals surface area contributed by atoms with Crippen molar-refractivity contribution < 1.29 is 9.59 Å². The van der Waals surface area contributed by atoms with Crippen LogP contribution in [0.15, 0.2) is 41.8 Å². The van der Waals surface area contributed by atoms with Crippen LogP contribution in [0, 0.1) is 0 Å². The van der Waals surface area contributed by atoms with E-state index in [1.165, 1.54) is 4.88 Å². The summed E-state index contributed by atoms with van der Waals surface area (Å²) < 4.78 is 0. The number of amides is 1. The lowest BCUT2D eigenvalue weighted by Crippen LogP contribution is -2.35. The first-order valence-electron chi connectivity index (χ1n) is 7.16. The quantitative estimate of drug-likeness (QED) is 0.869. The van der Waals surface area contributed by atoms with Gasteiger partial charge in [0.25, 0.3) is 0 Å². The molecule has 1 amide bonds. The minimum atomic E-state index is 0.0635. The number of benzene rings is 1. The van der Waals surface area contributed by atoms with Gasteiger partial charge in [0.05, 0.1) is 12.2 Å². The highest BCUT2D eigenvalue weighted by Gasteiger charge is 2.24. The zero-order chi connectivity index (χ0) is 14.7. The maximum absolute atomic E-state index is 12.3. The molecule has 0 spiro atoms. The van der Waals surface area contributed by atoms with Crippen molar-refractivity contribution in [3.05, 3.63) is 52.2 Å². The molecule has 0 radical (unpaired) electrons. The van der Waals surface area contributed by atoms with E-state index in [1.807, 2.05) is 41.8 Å². The van der Waals surface area contributed by atoms with Crippen LogP contribution < -0.4 is 4.90 Å². The summed E-state index contributed by atoms with van der Waals surface area (Å²) in [7, 11) is 0. The fourth-order valence-corrected chi connectivity index (χ4v) is 3.58. The second kappa shape index (κ2) is 6.22. The van der Waals surface area contributed by atoms with E-state index < -0.39 is 0 Å². The number of fused-ring (bicyclic) bond motifs is 1. The average Bonchev–Trinajstić information content (AvgIpc) is 2.88. The van der Waals surface area contributed by atoms with Gasteiger partial charge >= 0.3 is 0 Å². The molecule has 3 nitrogen and oxygen atoms in total. The van der Waals surface area contributed by atoms with E-state index >= 15 is 0 Å². The zero-order valence-corrected chi connectivity index (χ0v) is 12.6. The lowest BCUT2D eigenvalue weighted by Gasteiger charge is -2.20. The van der Waals surface area contributed by atoms with Gasteiger partial charge in [0.1, 0.15) is 0 Å². The normalized spacial score (nSPS) is 14.7. The van der Waals surface area contributed by atoms with Crippen LogP contribution in [-0.4, -0.2) is 18.2 Å². The number of ketones is 1. The predicted octanol–water partition coefficient (Wildman–Crippen LogP) is 3.23. The molecule has 108 valence electrons. The molecular weight excluding hydrogens is 282 g/mol. The molecule has 1 aliphatic heterocycles. The molecule has 0 atom stereocenters. The van der Waals surface area contributed by atoms with E-state index in [-0.39, 0.29) is 18.2 Å². The molecular formula is C17H17NO2S. The lowest BCUT2D eigenvalue weighted by atomic mass is 10.1. The Morgan fingerprint density at radius 3 is 2.76 bits per heavy atom. The van der Waals surface area contributed by atoms with Gasteiger partial charge in [0.2, 0.25) is 5.91 Å². The van der Waals surface area contributed by atoms with Gasteiger partial charge in [-0.2, -0.15) is 0 Å². The van der Waals surface area contributed by atoms with Crippen molar-refractivity contribution >= 4 is 28.7 Å². The summed E-state index contributed by atoms with van der Waals surface area (Å²) in [5, 5.41) is 2.00. The van der Waals surface area contributed by atoms with Crippen molar-refractivity contribution in [3.63, 3.8) is 0 Å². The second-order valence-electron chi connectivity index (χ2n) is 5.26. The van der Waals surface area contributed by atoms with E-state index in [2.05, 4.69) is 0 Å². The summed E-state index contributed by atoms with van der Waals surface area (Å²) in [6, 6.07) is 11.6. The van der Waals surface area contributed by atoms with Crippen LogP contribution in [0.1, 0.15) is 23.3 Å². The molecule has 21 heavy (non-hydrogen) atoms. The first-order valence-corrected chi connectivity index (χ1v) is 8.04. The zero-order valence-electron chi connectivity index (χ0n) is 11.7. The highest BCUT2D eigenvalue weighted by Crippen LogP contribution is 2.31. The third-order valence-electron chi connectivity index (χ3n) is 3.69. The smallest absolute Gasteiger partial charge is 0.227 e. The molecule has 0 N–H and O–H groups in total.